The normalized spacial score (nSPS) is 14.7. The predicted molar refractivity (Wildman–Crippen MR) is 217 cm³/mol. The monoisotopic (exact) mass is 744 g/mol. The molecule has 1 amide bonds. The Morgan fingerprint density at radius 1 is 0.667 bits per heavy atom. The van der Waals surface area contributed by atoms with Gasteiger partial charge in [0.25, 0.3) is 0 Å². The van der Waals surface area contributed by atoms with Gasteiger partial charge in [-0.05, 0) is 44.9 Å². The van der Waals surface area contributed by atoms with Crippen molar-refractivity contribution < 1.29 is 32.9 Å². The number of unbranched alkanes of at least 4 members (excludes halogenated alkanes) is 21. The first kappa shape index (κ1) is 50.0. The Morgan fingerprint density at radius 2 is 1.12 bits per heavy atom. The molecule has 0 aromatic rings. The number of phosphoric ester groups is 1. The van der Waals surface area contributed by atoms with Gasteiger partial charge in [-0.25, -0.2) is 4.57 Å². The highest BCUT2D eigenvalue weighted by atomic mass is 31.2. The van der Waals surface area contributed by atoms with Gasteiger partial charge in [0.1, 0.15) is 13.2 Å². The lowest BCUT2D eigenvalue weighted by Gasteiger charge is -2.26. The fourth-order valence-electron chi connectivity index (χ4n) is 6.02. The minimum absolute atomic E-state index is 0.0722. The average Bonchev–Trinajstić information content (AvgIpc) is 3.07. The summed E-state index contributed by atoms with van der Waals surface area (Å²) in [5.74, 6) is -0.159. The number of aliphatic hydroxyl groups excluding tert-OH is 1. The number of carbonyl (C=O) groups excluding carboxylic acids is 1. The molecule has 0 spiro atoms. The highest BCUT2D eigenvalue weighted by molar-refractivity contribution is 7.47. The van der Waals surface area contributed by atoms with Gasteiger partial charge < -0.3 is 19.8 Å². The SMILES string of the molecule is CCCCC/C=C/C/C=C/CCCCCCCC(=O)N[C@@H](COP(=O)(O)OCC[N+](C)(C)C)[C@H](O)CCCCCCCCCCCCCCCC. The van der Waals surface area contributed by atoms with Crippen molar-refractivity contribution in [3.8, 4) is 0 Å². The molecule has 8 nitrogen and oxygen atoms in total. The Kier molecular flexibility index (Phi) is 34.0. The van der Waals surface area contributed by atoms with Gasteiger partial charge in [0, 0.05) is 6.42 Å². The Bertz CT molecular complexity index is 891. The van der Waals surface area contributed by atoms with Crippen LogP contribution in [-0.2, 0) is 18.4 Å². The van der Waals surface area contributed by atoms with E-state index >= 15 is 0 Å². The number of hydrogen-bond acceptors (Lipinski definition) is 5. The van der Waals surface area contributed by atoms with Crippen molar-refractivity contribution in [3.05, 3.63) is 24.3 Å². The van der Waals surface area contributed by atoms with Gasteiger partial charge in [0.05, 0.1) is 39.9 Å². The Labute approximate surface area is 315 Å². The fourth-order valence-corrected chi connectivity index (χ4v) is 6.75. The molecule has 9 heteroatoms. The van der Waals surface area contributed by atoms with Crippen LogP contribution in [-0.4, -0.2) is 73.4 Å². The Hall–Kier alpha value is -1.02. The summed E-state index contributed by atoms with van der Waals surface area (Å²) in [6.07, 6.45) is 39.1. The molecule has 51 heavy (non-hydrogen) atoms. The third-order valence-electron chi connectivity index (χ3n) is 9.45. The van der Waals surface area contributed by atoms with E-state index in [1.165, 1.54) is 96.3 Å². The lowest BCUT2D eigenvalue weighted by molar-refractivity contribution is -0.870. The summed E-state index contributed by atoms with van der Waals surface area (Å²) in [6, 6.07) is -0.764. The van der Waals surface area contributed by atoms with E-state index in [9.17, 15) is 19.4 Å². The molecule has 0 aliphatic rings. The molecule has 3 atom stereocenters. The molecule has 0 radical (unpaired) electrons. The summed E-state index contributed by atoms with van der Waals surface area (Å²) in [7, 11) is 1.60. The number of carbonyl (C=O) groups is 1. The lowest BCUT2D eigenvalue weighted by atomic mass is 10.0. The molecule has 0 aliphatic carbocycles. The van der Waals surface area contributed by atoms with Gasteiger partial charge >= 0.3 is 7.82 Å². The zero-order valence-corrected chi connectivity index (χ0v) is 35.0. The molecule has 0 heterocycles. The topological polar surface area (TPSA) is 105 Å². The van der Waals surface area contributed by atoms with Crippen LogP contribution in [0.1, 0.15) is 187 Å². The van der Waals surface area contributed by atoms with Crippen molar-refractivity contribution >= 4 is 13.7 Å². The van der Waals surface area contributed by atoms with Gasteiger partial charge in [-0.3, -0.25) is 13.8 Å². The number of aliphatic hydroxyl groups is 1. The number of quaternary nitrogens is 1. The van der Waals surface area contributed by atoms with E-state index in [-0.39, 0.29) is 19.1 Å². The quantitative estimate of drug-likeness (QED) is 0.0252. The summed E-state index contributed by atoms with van der Waals surface area (Å²) < 4.78 is 23.6. The van der Waals surface area contributed by atoms with Crippen LogP contribution in [0.15, 0.2) is 24.3 Å². The van der Waals surface area contributed by atoms with Crippen molar-refractivity contribution in [2.75, 3.05) is 40.9 Å². The molecular weight excluding hydrogens is 659 g/mol. The maximum Gasteiger partial charge on any atom is 0.472 e. The average molecular weight is 744 g/mol. The number of nitrogens with zero attached hydrogens (tertiary/aromatic N) is 1. The standard InChI is InChI=1S/C42H83N2O6P/c1-6-8-10-12-14-16-18-20-22-24-26-28-30-32-34-36-42(46)43-40(39-50-51(47,48)49-38-37-44(3,4)5)41(45)35-33-31-29-27-25-23-21-19-17-15-13-11-9-7-2/h14,16,20,22,40-41,45H,6-13,15,17-19,21,23-39H2,1-5H3,(H-,43,46,47,48)/p+1/b16-14+,22-20+/t40-,41+/m0/s1. The minimum atomic E-state index is -4.31. The number of allylic oxidation sites excluding steroid dienone is 4. The smallest absolute Gasteiger partial charge is 0.391 e. The van der Waals surface area contributed by atoms with Crippen LogP contribution in [0.3, 0.4) is 0 Å². The predicted octanol–water partition coefficient (Wildman–Crippen LogP) is 11.4. The van der Waals surface area contributed by atoms with Crippen molar-refractivity contribution in [1.29, 1.82) is 0 Å². The summed E-state index contributed by atoms with van der Waals surface area (Å²) in [5.41, 5.74) is 0. The fraction of sp³-hybridized carbons (Fsp3) is 0.881. The summed E-state index contributed by atoms with van der Waals surface area (Å²) >= 11 is 0. The van der Waals surface area contributed by atoms with Gasteiger partial charge in [0.2, 0.25) is 5.91 Å². The number of amides is 1. The maximum atomic E-state index is 12.8. The number of hydrogen-bond donors (Lipinski definition) is 3. The third kappa shape index (κ3) is 37.1. The van der Waals surface area contributed by atoms with E-state index in [0.29, 0.717) is 23.9 Å². The van der Waals surface area contributed by atoms with Gasteiger partial charge in [-0.1, -0.05) is 160 Å². The molecule has 0 fully saturated rings. The first-order chi connectivity index (χ1) is 24.5. The van der Waals surface area contributed by atoms with Crippen molar-refractivity contribution in [3.63, 3.8) is 0 Å². The van der Waals surface area contributed by atoms with E-state index in [1.54, 1.807) is 0 Å². The van der Waals surface area contributed by atoms with E-state index in [0.717, 1.165) is 64.2 Å². The molecule has 0 aromatic heterocycles. The highest BCUT2D eigenvalue weighted by Crippen LogP contribution is 2.43. The molecule has 0 rings (SSSR count). The Balaban J connectivity index is 4.43. The van der Waals surface area contributed by atoms with Crippen LogP contribution in [0.25, 0.3) is 0 Å². The molecular formula is C42H84N2O6P+. The van der Waals surface area contributed by atoms with Crippen LogP contribution in [0, 0.1) is 0 Å². The second-order valence-electron chi connectivity index (χ2n) is 15.7. The molecule has 0 saturated heterocycles. The second-order valence-corrected chi connectivity index (χ2v) is 17.2. The number of nitrogens with one attached hydrogen (secondary N) is 1. The van der Waals surface area contributed by atoms with E-state index in [1.807, 2.05) is 21.1 Å². The molecule has 0 aliphatic heterocycles. The Morgan fingerprint density at radius 3 is 1.65 bits per heavy atom. The maximum absolute atomic E-state index is 12.8. The first-order valence-electron chi connectivity index (χ1n) is 21.2. The van der Waals surface area contributed by atoms with Crippen LogP contribution in [0.2, 0.25) is 0 Å². The molecule has 0 aromatic carbocycles. The van der Waals surface area contributed by atoms with Gasteiger partial charge in [-0.15, -0.1) is 0 Å². The molecule has 0 bridgehead atoms. The van der Waals surface area contributed by atoms with Gasteiger partial charge in [0.15, 0.2) is 0 Å². The number of phosphoric acid groups is 1. The number of rotatable bonds is 38. The van der Waals surface area contributed by atoms with Crippen LogP contribution in [0.5, 0.6) is 0 Å². The van der Waals surface area contributed by atoms with E-state index in [4.69, 9.17) is 9.05 Å². The van der Waals surface area contributed by atoms with Crippen molar-refractivity contribution in [2.24, 2.45) is 0 Å². The molecule has 0 saturated carbocycles. The van der Waals surface area contributed by atoms with Crippen molar-refractivity contribution in [2.45, 2.75) is 199 Å². The van der Waals surface area contributed by atoms with Crippen LogP contribution >= 0.6 is 7.82 Å². The third-order valence-corrected chi connectivity index (χ3v) is 10.4. The summed E-state index contributed by atoms with van der Waals surface area (Å²) in [5, 5.41) is 13.9. The van der Waals surface area contributed by atoms with Crippen LogP contribution in [0.4, 0.5) is 0 Å². The van der Waals surface area contributed by atoms with Crippen molar-refractivity contribution in [1.82, 2.24) is 5.32 Å². The minimum Gasteiger partial charge on any atom is -0.391 e. The zero-order valence-electron chi connectivity index (χ0n) is 34.1. The summed E-state index contributed by atoms with van der Waals surface area (Å²) in [4.78, 5) is 23.1. The highest BCUT2D eigenvalue weighted by Gasteiger charge is 2.28. The zero-order chi connectivity index (χ0) is 37.9. The number of likely N-dealkylation sites (N-methyl/N-ethyl adjacent to an activating group) is 1. The summed E-state index contributed by atoms with van der Waals surface area (Å²) in [6.45, 7) is 4.84. The lowest BCUT2D eigenvalue weighted by Crippen LogP contribution is -2.46. The molecule has 302 valence electrons. The largest absolute Gasteiger partial charge is 0.472 e. The van der Waals surface area contributed by atoms with E-state index in [2.05, 4.69) is 43.5 Å². The first-order valence-corrected chi connectivity index (χ1v) is 22.7. The molecule has 3 N–H and O–H groups in total. The van der Waals surface area contributed by atoms with Gasteiger partial charge in [-0.2, -0.15) is 0 Å². The van der Waals surface area contributed by atoms with Crippen LogP contribution < -0.4 is 5.32 Å². The van der Waals surface area contributed by atoms with E-state index < -0.39 is 20.0 Å². The second kappa shape index (κ2) is 34.7. The molecule has 1 unspecified atom stereocenters.